The number of rotatable bonds is 4. The number of hydrogen-bond acceptors (Lipinski definition) is 3. The number of carbonyl (C=O) groups excluding carboxylic acids is 1. The third kappa shape index (κ3) is 4.47. The number of hydrogen-bond donors (Lipinski definition) is 1. The first-order valence-corrected chi connectivity index (χ1v) is 8.97. The van der Waals surface area contributed by atoms with Crippen LogP contribution < -0.4 is 10.9 Å². The molecule has 5 nitrogen and oxygen atoms in total. The van der Waals surface area contributed by atoms with Crippen molar-refractivity contribution in [3.05, 3.63) is 74.7 Å². The van der Waals surface area contributed by atoms with Gasteiger partial charge in [0.2, 0.25) is 11.6 Å². The molecule has 1 heterocycles. The molecule has 0 radical (unpaired) electrons. The highest BCUT2D eigenvalue weighted by Crippen LogP contribution is 2.27. The summed E-state index contributed by atoms with van der Waals surface area (Å²) in [5.74, 6) is -0.563. The zero-order chi connectivity index (χ0) is 21.3. The van der Waals surface area contributed by atoms with Gasteiger partial charge in [-0.3, -0.25) is 14.2 Å². The summed E-state index contributed by atoms with van der Waals surface area (Å²) in [7, 11) is 0. The molecule has 0 bridgehead atoms. The van der Waals surface area contributed by atoms with Crippen molar-refractivity contribution in [2.45, 2.75) is 40.0 Å². The van der Waals surface area contributed by atoms with Gasteiger partial charge in [0.05, 0.1) is 11.0 Å². The summed E-state index contributed by atoms with van der Waals surface area (Å²) in [4.78, 5) is 28.4. The first kappa shape index (κ1) is 20.6. The van der Waals surface area contributed by atoms with E-state index in [0.29, 0.717) is 0 Å². The van der Waals surface area contributed by atoms with Crippen molar-refractivity contribution in [2.24, 2.45) is 0 Å². The predicted molar refractivity (Wildman–Crippen MR) is 104 cm³/mol. The lowest BCUT2D eigenvalue weighted by atomic mass is 10.1. The van der Waals surface area contributed by atoms with Crippen LogP contribution in [0.5, 0.6) is 0 Å². The Morgan fingerprint density at radius 2 is 1.69 bits per heavy atom. The molecule has 0 aliphatic carbocycles. The van der Waals surface area contributed by atoms with E-state index in [1.807, 2.05) is 31.2 Å². The molecular weight excluding hydrogens is 383 g/mol. The van der Waals surface area contributed by atoms with Crippen LogP contribution in [0.3, 0.4) is 0 Å². The number of halogens is 3. The standard InChI is InChI=1S/C21H20F3N3O2/c1-12-4-6-15(7-5-12)10-25-18(28)11-27-17-9-14(3)13(2)8-16(17)26-19(20(27)29)21(22,23)24/h4-9H,10-11H2,1-3H3,(H,25,28). The summed E-state index contributed by atoms with van der Waals surface area (Å²) in [5.41, 5.74) is 0.791. The van der Waals surface area contributed by atoms with Gasteiger partial charge in [0.15, 0.2) is 0 Å². The maximum Gasteiger partial charge on any atom is 0.438 e. The maximum atomic E-state index is 13.3. The minimum absolute atomic E-state index is 0.0198. The van der Waals surface area contributed by atoms with E-state index >= 15 is 0 Å². The highest BCUT2D eigenvalue weighted by Gasteiger charge is 2.37. The fourth-order valence-corrected chi connectivity index (χ4v) is 2.94. The summed E-state index contributed by atoms with van der Waals surface area (Å²) in [6, 6.07) is 10.5. The summed E-state index contributed by atoms with van der Waals surface area (Å²) in [6.45, 7) is 5.13. The Labute approximate surface area is 165 Å². The molecule has 0 fully saturated rings. The van der Waals surface area contributed by atoms with Gasteiger partial charge in [0.1, 0.15) is 6.54 Å². The fraction of sp³-hybridized carbons (Fsp3) is 0.286. The number of alkyl halides is 3. The van der Waals surface area contributed by atoms with Crippen molar-refractivity contribution in [2.75, 3.05) is 0 Å². The van der Waals surface area contributed by atoms with Crippen LogP contribution >= 0.6 is 0 Å². The van der Waals surface area contributed by atoms with E-state index in [4.69, 9.17) is 0 Å². The number of nitrogens with zero attached hydrogens (tertiary/aromatic N) is 2. The molecule has 1 N–H and O–H groups in total. The van der Waals surface area contributed by atoms with Gasteiger partial charge in [0, 0.05) is 6.54 Å². The van der Waals surface area contributed by atoms with E-state index in [1.54, 1.807) is 19.9 Å². The first-order chi connectivity index (χ1) is 13.6. The molecule has 1 aromatic heterocycles. The van der Waals surface area contributed by atoms with Gasteiger partial charge in [-0.1, -0.05) is 29.8 Å². The van der Waals surface area contributed by atoms with Gasteiger partial charge in [0.25, 0.3) is 5.56 Å². The smallest absolute Gasteiger partial charge is 0.350 e. The Balaban J connectivity index is 1.97. The Kier molecular flexibility index (Phi) is 5.46. The van der Waals surface area contributed by atoms with E-state index in [-0.39, 0.29) is 17.6 Å². The molecule has 0 saturated carbocycles. The molecule has 0 aliphatic rings. The Morgan fingerprint density at radius 1 is 1.07 bits per heavy atom. The quantitative estimate of drug-likeness (QED) is 0.723. The van der Waals surface area contributed by atoms with Crippen molar-refractivity contribution < 1.29 is 18.0 Å². The van der Waals surface area contributed by atoms with E-state index in [9.17, 15) is 22.8 Å². The molecule has 8 heteroatoms. The molecule has 3 rings (SSSR count). The number of carbonyl (C=O) groups is 1. The van der Waals surface area contributed by atoms with E-state index in [2.05, 4.69) is 10.3 Å². The third-order valence-corrected chi connectivity index (χ3v) is 4.74. The summed E-state index contributed by atoms with van der Waals surface area (Å²) >= 11 is 0. The van der Waals surface area contributed by atoms with Crippen LogP contribution in [-0.2, 0) is 24.1 Å². The monoisotopic (exact) mass is 403 g/mol. The van der Waals surface area contributed by atoms with Crippen LogP contribution in [0.15, 0.2) is 41.2 Å². The number of benzene rings is 2. The van der Waals surface area contributed by atoms with Gasteiger partial charge < -0.3 is 5.32 Å². The van der Waals surface area contributed by atoms with Crippen molar-refractivity contribution in [1.82, 2.24) is 14.9 Å². The Morgan fingerprint density at radius 3 is 2.31 bits per heavy atom. The predicted octanol–water partition coefficient (Wildman–Crippen LogP) is 3.66. The fourth-order valence-electron chi connectivity index (χ4n) is 2.94. The maximum absolute atomic E-state index is 13.3. The zero-order valence-corrected chi connectivity index (χ0v) is 16.2. The van der Waals surface area contributed by atoms with Crippen molar-refractivity contribution in [1.29, 1.82) is 0 Å². The molecule has 0 atom stereocenters. The number of aryl methyl sites for hydroxylation is 3. The van der Waals surface area contributed by atoms with Crippen LogP contribution in [0.25, 0.3) is 11.0 Å². The van der Waals surface area contributed by atoms with Gasteiger partial charge in [-0.15, -0.1) is 0 Å². The average Bonchev–Trinajstić information content (AvgIpc) is 2.64. The topological polar surface area (TPSA) is 64.0 Å². The van der Waals surface area contributed by atoms with Crippen LogP contribution in [-0.4, -0.2) is 15.5 Å². The van der Waals surface area contributed by atoms with Crippen molar-refractivity contribution in [3.8, 4) is 0 Å². The van der Waals surface area contributed by atoms with Crippen LogP contribution in [0.4, 0.5) is 13.2 Å². The molecular formula is C21H20F3N3O2. The van der Waals surface area contributed by atoms with Crippen molar-refractivity contribution in [3.63, 3.8) is 0 Å². The molecule has 0 spiro atoms. The molecule has 29 heavy (non-hydrogen) atoms. The number of fused-ring (bicyclic) bond motifs is 1. The lowest BCUT2D eigenvalue weighted by molar-refractivity contribution is -0.142. The van der Waals surface area contributed by atoms with Gasteiger partial charge in [-0.25, -0.2) is 4.98 Å². The molecule has 3 aromatic rings. The minimum Gasteiger partial charge on any atom is -0.350 e. The Hall–Kier alpha value is -3.16. The van der Waals surface area contributed by atoms with Crippen molar-refractivity contribution >= 4 is 16.9 Å². The summed E-state index contributed by atoms with van der Waals surface area (Å²) < 4.78 is 40.7. The molecule has 0 aliphatic heterocycles. The largest absolute Gasteiger partial charge is 0.438 e. The molecule has 0 unspecified atom stereocenters. The average molecular weight is 403 g/mol. The summed E-state index contributed by atoms with van der Waals surface area (Å²) in [5, 5.41) is 2.64. The second-order valence-corrected chi connectivity index (χ2v) is 7.04. The van der Waals surface area contributed by atoms with Gasteiger partial charge >= 0.3 is 6.18 Å². The van der Waals surface area contributed by atoms with Gasteiger partial charge in [-0.2, -0.15) is 13.2 Å². The minimum atomic E-state index is -4.91. The first-order valence-electron chi connectivity index (χ1n) is 8.97. The molecule has 1 amide bonds. The van der Waals surface area contributed by atoms with E-state index in [0.717, 1.165) is 26.8 Å². The number of amides is 1. The zero-order valence-electron chi connectivity index (χ0n) is 16.2. The normalized spacial score (nSPS) is 11.7. The van der Waals surface area contributed by atoms with E-state index in [1.165, 1.54) is 6.07 Å². The molecule has 2 aromatic carbocycles. The third-order valence-electron chi connectivity index (χ3n) is 4.74. The SMILES string of the molecule is Cc1ccc(CNC(=O)Cn2c(=O)c(C(F)(F)F)nc3cc(C)c(C)cc32)cc1. The lowest BCUT2D eigenvalue weighted by Gasteiger charge is -2.15. The number of aromatic nitrogens is 2. The second kappa shape index (κ2) is 7.69. The van der Waals surface area contributed by atoms with Crippen LogP contribution in [0.2, 0.25) is 0 Å². The second-order valence-electron chi connectivity index (χ2n) is 7.04. The lowest BCUT2D eigenvalue weighted by Crippen LogP contribution is -2.36. The highest BCUT2D eigenvalue weighted by atomic mass is 19.4. The van der Waals surface area contributed by atoms with Crippen LogP contribution in [0.1, 0.15) is 27.9 Å². The molecule has 152 valence electrons. The number of nitrogens with one attached hydrogen (secondary N) is 1. The summed E-state index contributed by atoms with van der Waals surface area (Å²) in [6.07, 6.45) is -4.91. The Bertz CT molecular complexity index is 1130. The van der Waals surface area contributed by atoms with Gasteiger partial charge in [-0.05, 0) is 49.6 Å². The van der Waals surface area contributed by atoms with Crippen LogP contribution in [0, 0.1) is 20.8 Å². The van der Waals surface area contributed by atoms with E-state index < -0.39 is 29.9 Å². The molecule has 0 saturated heterocycles. The highest BCUT2D eigenvalue weighted by molar-refractivity contribution is 5.81.